The molecule has 2 saturated heterocycles. The molecule has 0 aromatic rings. The first-order valence-electron chi connectivity index (χ1n) is 13.7. The van der Waals surface area contributed by atoms with Crippen LogP contribution in [0.2, 0.25) is 0 Å². The number of esters is 1. The molecule has 0 bridgehead atoms. The van der Waals surface area contributed by atoms with Gasteiger partial charge in [0, 0.05) is 17.8 Å². The SMILES string of the molecule is CCCC(C)N1CC=C[C@]23S[C@H]4/C=C\CCCCOC(=O)[C@H]4[C@H]2C(=O)N([C@@H](CO)[C@@H](C)CC)C3C1=O. The van der Waals surface area contributed by atoms with Crippen LogP contribution in [0.25, 0.3) is 0 Å². The molecule has 36 heavy (non-hydrogen) atoms. The van der Waals surface area contributed by atoms with E-state index in [1.165, 1.54) is 0 Å². The van der Waals surface area contributed by atoms with Gasteiger partial charge in [-0.3, -0.25) is 14.4 Å². The highest BCUT2D eigenvalue weighted by Crippen LogP contribution is 2.61. The number of hydrogen-bond acceptors (Lipinski definition) is 6. The number of carbonyl (C=O) groups is 3. The lowest BCUT2D eigenvalue weighted by Gasteiger charge is -2.41. The molecule has 8 heteroatoms. The van der Waals surface area contributed by atoms with Crippen LogP contribution in [0.5, 0.6) is 0 Å². The van der Waals surface area contributed by atoms with Gasteiger partial charge < -0.3 is 19.6 Å². The van der Waals surface area contributed by atoms with Gasteiger partial charge in [-0.1, -0.05) is 57.9 Å². The Labute approximate surface area is 219 Å². The monoisotopic (exact) mass is 518 g/mol. The van der Waals surface area contributed by atoms with Crippen LogP contribution in [0.4, 0.5) is 0 Å². The smallest absolute Gasteiger partial charge is 0.311 e. The van der Waals surface area contributed by atoms with Crippen LogP contribution in [0, 0.1) is 17.8 Å². The summed E-state index contributed by atoms with van der Waals surface area (Å²) in [5.74, 6) is -1.98. The van der Waals surface area contributed by atoms with E-state index in [0.29, 0.717) is 13.2 Å². The van der Waals surface area contributed by atoms with Gasteiger partial charge in [0.1, 0.15) is 6.04 Å². The molecule has 2 amide bonds. The number of allylic oxidation sites excluding steroid dienone is 1. The van der Waals surface area contributed by atoms with Crippen molar-refractivity contribution < 1.29 is 24.2 Å². The Kier molecular flexibility index (Phi) is 8.55. The summed E-state index contributed by atoms with van der Waals surface area (Å²) in [4.78, 5) is 45.7. The molecule has 4 rings (SSSR count). The molecule has 4 aliphatic heterocycles. The molecule has 4 heterocycles. The Hall–Kier alpha value is -1.80. The third-order valence-corrected chi connectivity index (χ3v) is 10.4. The van der Waals surface area contributed by atoms with Gasteiger partial charge in [-0.15, -0.1) is 11.8 Å². The summed E-state index contributed by atoms with van der Waals surface area (Å²) in [7, 11) is 0. The number of cyclic esters (lactones) is 1. The highest BCUT2D eigenvalue weighted by Gasteiger charge is 2.72. The lowest BCUT2D eigenvalue weighted by atomic mass is 9.78. The Morgan fingerprint density at radius 3 is 2.64 bits per heavy atom. The largest absolute Gasteiger partial charge is 0.465 e. The van der Waals surface area contributed by atoms with E-state index >= 15 is 0 Å². The highest BCUT2D eigenvalue weighted by atomic mass is 32.2. The summed E-state index contributed by atoms with van der Waals surface area (Å²) in [5, 5.41) is 10.2. The topological polar surface area (TPSA) is 87.2 Å². The summed E-state index contributed by atoms with van der Waals surface area (Å²) < 4.78 is 4.81. The van der Waals surface area contributed by atoms with E-state index < -0.39 is 28.7 Å². The van der Waals surface area contributed by atoms with Crippen LogP contribution in [0.3, 0.4) is 0 Å². The van der Waals surface area contributed by atoms with Gasteiger partial charge in [0.15, 0.2) is 0 Å². The van der Waals surface area contributed by atoms with Gasteiger partial charge in [0.25, 0.3) is 0 Å². The van der Waals surface area contributed by atoms with Crippen molar-refractivity contribution in [3.8, 4) is 0 Å². The number of rotatable bonds is 7. The van der Waals surface area contributed by atoms with Gasteiger partial charge in [-0.2, -0.15) is 0 Å². The summed E-state index contributed by atoms with van der Waals surface area (Å²) >= 11 is 1.57. The van der Waals surface area contributed by atoms with Gasteiger partial charge in [0.2, 0.25) is 11.8 Å². The number of aliphatic hydroxyl groups is 1. The summed E-state index contributed by atoms with van der Waals surface area (Å²) in [6, 6.07) is -1.21. The van der Waals surface area contributed by atoms with E-state index in [1.807, 2.05) is 30.9 Å². The third-order valence-electron chi connectivity index (χ3n) is 8.65. The third kappa shape index (κ3) is 4.53. The van der Waals surface area contributed by atoms with Gasteiger partial charge in [-0.25, -0.2) is 0 Å². The molecule has 1 N–H and O–H groups in total. The van der Waals surface area contributed by atoms with E-state index in [0.717, 1.165) is 38.5 Å². The zero-order chi connectivity index (χ0) is 26.0. The molecule has 0 aliphatic carbocycles. The molecule has 0 aromatic heterocycles. The van der Waals surface area contributed by atoms with E-state index in [-0.39, 0.29) is 41.6 Å². The average Bonchev–Trinajstić information content (AvgIpc) is 3.24. The fourth-order valence-corrected chi connectivity index (χ4v) is 8.50. The molecule has 0 radical (unpaired) electrons. The molecule has 0 aromatic carbocycles. The maximum absolute atomic E-state index is 14.4. The van der Waals surface area contributed by atoms with Gasteiger partial charge >= 0.3 is 5.97 Å². The molecular weight excluding hydrogens is 476 g/mol. The van der Waals surface area contributed by atoms with E-state index in [1.54, 1.807) is 16.7 Å². The number of nitrogens with zero attached hydrogens (tertiary/aromatic N) is 2. The van der Waals surface area contributed by atoms with Crippen LogP contribution in [0.15, 0.2) is 24.3 Å². The number of thioether (sulfide) groups is 1. The minimum Gasteiger partial charge on any atom is -0.465 e. The van der Waals surface area contributed by atoms with Crippen molar-refractivity contribution >= 4 is 29.5 Å². The zero-order valence-corrected chi connectivity index (χ0v) is 22.9. The second kappa shape index (κ2) is 11.3. The predicted molar refractivity (Wildman–Crippen MR) is 141 cm³/mol. The normalized spacial score (nSPS) is 35.9. The lowest BCUT2D eigenvalue weighted by molar-refractivity contribution is -0.154. The standard InChI is InChI=1S/C28H42N2O5S/c1-5-12-19(4)29-15-11-14-28-23(22-21(36-28)13-9-7-8-10-16-35-27(22)34)25(32)30(24(28)26(29)33)20(17-31)18(3)6-2/h9,11,13-14,18-24,31H,5-8,10,12,15-17H2,1-4H3/b13-9-/t18-,19?,20-,21-,22+,23-,24?,28-/m0/s1. The van der Waals surface area contributed by atoms with Crippen molar-refractivity contribution in [3.63, 3.8) is 0 Å². The first-order valence-corrected chi connectivity index (χ1v) is 14.6. The van der Waals surface area contributed by atoms with E-state index in [2.05, 4.69) is 26.0 Å². The Bertz CT molecular complexity index is 906. The fraction of sp³-hybridized carbons (Fsp3) is 0.750. The lowest BCUT2D eigenvalue weighted by Crippen LogP contribution is -2.58. The van der Waals surface area contributed by atoms with Crippen LogP contribution in [-0.2, 0) is 19.1 Å². The van der Waals surface area contributed by atoms with Crippen LogP contribution in [0.1, 0.15) is 66.2 Å². The number of ether oxygens (including phenoxy) is 1. The molecule has 200 valence electrons. The maximum Gasteiger partial charge on any atom is 0.311 e. The minimum atomic E-state index is -0.873. The summed E-state index contributed by atoms with van der Waals surface area (Å²) in [6.45, 7) is 8.83. The first kappa shape index (κ1) is 27.2. The molecule has 0 saturated carbocycles. The molecule has 4 aliphatic rings. The maximum atomic E-state index is 14.4. The number of carbonyl (C=O) groups excluding carboxylic acids is 3. The Balaban J connectivity index is 1.85. The molecule has 1 spiro atoms. The van der Waals surface area contributed by atoms with Gasteiger partial charge in [0.05, 0.1) is 35.8 Å². The number of likely N-dealkylation sites (tertiary alicyclic amines) is 1. The number of hydrogen-bond donors (Lipinski definition) is 1. The number of aliphatic hydroxyl groups excluding tert-OH is 1. The second-order valence-corrected chi connectivity index (χ2v) is 12.3. The van der Waals surface area contributed by atoms with E-state index in [9.17, 15) is 19.5 Å². The Morgan fingerprint density at radius 1 is 1.17 bits per heavy atom. The number of fused-ring (bicyclic) bond motifs is 2. The van der Waals surface area contributed by atoms with Crippen molar-refractivity contribution in [3.05, 3.63) is 24.3 Å². The zero-order valence-electron chi connectivity index (χ0n) is 22.1. The molecule has 7 nitrogen and oxygen atoms in total. The second-order valence-electron chi connectivity index (χ2n) is 10.8. The highest BCUT2D eigenvalue weighted by molar-refractivity contribution is 8.02. The average molecular weight is 519 g/mol. The van der Waals surface area contributed by atoms with Crippen LogP contribution >= 0.6 is 11.8 Å². The fourth-order valence-electron chi connectivity index (χ4n) is 6.52. The van der Waals surface area contributed by atoms with Crippen molar-refractivity contribution in [1.29, 1.82) is 0 Å². The van der Waals surface area contributed by atoms with Crippen molar-refractivity contribution in [2.75, 3.05) is 19.8 Å². The minimum absolute atomic E-state index is 0.00747. The van der Waals surface area contributed by atoms with Gasteiger partial charge in [-0.05, 0) is 38.5 Å². The molecule has 8 atom stereocenters. The quantitative estimate of drug-likeness (QED) is 0.410. The van der Waals surface area contributed by atoms with Crippen molar-refractivity contribution in [1.82, 2.24) is 9.80 Å². The summed E-state index contributed by atoms with van der Waals surface area (Å²) in [5.41, 5.74) is 0. The van der Waals surface area contributed by atoms with Crippen molar-refractivity contribution in [2.45, 2.75) is 94.3 Å². The Morgan fingerprint density at radius 2 is 1.94 bits per heavy atom. The van der Waals surface area contributed by atoms with Crippen molar-refractivity contribution in [2.24, 2.45) is 17.8 Å². The number of amides is 2. The van der Waals surface area contributed by atoms with Crippen LogP contribution < -0.4 is 0 Å². The molecule has 2 unspecified atom stereocenters. The molecule has 2 fully saturated rings. The van der Waals surface area contributed by atoms with Crippen LogP contribution in [-0.4, -0.2) is 80.6 Å². The predicted octanol–water partition coefficient (Wildman–Crippen LogP) is 3.56. The molecular formula is C28H42N2O5S. The summed E-state index contributed by atoms with van der Waals surface area (Å²) in [6.07, 6.45) is 13.5. The first-order chi connectivity index (χ1) is 17.3. The van der Waals surface area contributed by atoms with E-state index in [4.69, 9.17) is 4.74 Å².